The lowest BCUT2D eigenvalue weighted by Gasteiger charge is -2.27. The van der Waals surface area contributed by atoms with Gasteiger partial charge in [0.1, 0.15) is 10.8 Å². The van der Waals surface area contributed by atoms with E-state index in [1.807, 2.05) is 27.7 Å². The second kappa shape index (κ2) is 6.37. The van der Waals surface area contributed by atoms with E-state index in [1.54, 1.807) is 0 Å². The second-order valence-corrected chi connectivity index (χ2v) is 8.33. The fourth-order valence-electron chi connectivity index (χ4n) is 1.48. The molecule has 1 aromatic rings. The first-order chi connectivity index (χ1) is 9.45. The number of hydrogen-bond acceptors (Lipinski definition) is 3. The lowest BCUT2D eigenvalue weighted by atomic mass is 9.82. The smallest absolute Gasteiger partial charge is 0.240 e. The van der Waals surface area contributed by atoms with Crippen LogP contribution in [0.15, 0.2) is 23.1 Å². The molecular weight excluding hydrogens is 311 g/mol. The third-order valence-corrected chi connectivity index (χ3v) is 5.21. The van der Waals surface area contributed by atoms with Gasteiger partial charge in [-0.2, -0.15) is 0 Å². The molecule has 0 saturated heterocycles. The molecule has 1 rings (SSSR count). The Morgan fingerprint density at radius 3 is 2.48 bits per heavy atom. The molecule has 0 radical (unpaired) electrons. The number of halogens is 1. The maximum absolute atomic E-state index is 13.5. The molecule has 118 valence electrons. The van der Waals surface area contributed by atoms with Gasteiger partial charge in [-0.05, 0) is 29.5 Å². The monoisotopic (exact) mass is 332 g/mol. The molecule has 3 N–H and O–H groups in total. The molecule has 1 atom stereocenters. The van der Waals surface area contributed by atoms with Crippen LogP contribution in [0.5, 0.6) is 0 Å². The lowest BCUT2D eigenvalue weighted by Crippen LogP contribution is -2.33. The summed E-state index contributed by atoms with van der Waals surface area (Å²) in [5.41, 5.74) is 5.29. The minimum absolute atomic E-state index is 0.0186. The molecule has 7 heteroatoms. The van der Waals surface area contributed by atoms with E-state index in [1.165, 1.54) is 6.07 Å². The zero-order valence-electron chi connectivity index (χ0n) is 12.6. The van der Waals surface area contributed by atoms with E-state index in [4.69, 9.17) is 18.0 Å². The van der Waals surface area contributed by atoms with Gasteiger partial charge in [0.25, 0.3) is 0 Å². The van der Waals surface area contributed by atoms with Crippen LogP contribution >= 0.6 is 12.2 Å². The molecule has 0 aromatic heterocycles. The lowest BCUT2D eigenvalue weighted by molar-refractivity contribution is 0.263. The van der Waals surface area contributed by atoms with E-state index in [0.29, 0.717) is 6.54 Å². The molecule has 0 aliphatic heterocycles. The van der Waals surface area contributed by atoms with Gasteiger partial charge in [-0.1, -0.05) is 39.9 Å². The number of thiocarbonyl (C=S) groups is 1. The van der Waals surface area contributed by atoms with Crippen molar-refractivity contribution >= 4 is 27.2 Å². The summed E-state index contributed by atoms with van der Waals surface area (Å²) < 4.78 is 40.5. The predicted molar refractivity (Wildman–Crippen MR) is 86.1 cm³/mol. The molecule has 4 nitrogen and oxygen atoms in total. The first-order valence-electron chi connectivity index (χ1n) is 6.54. The van der Waals surface area contributed by atoms with Crippen LogP contribution in [0.1, 0.15) is 33.3 Å². The van der Waals surface area contributed by atoms with Gasteiger partial charge in [-0.25, -0.2) is 17.5 Å². The maximum Gasteiger partial charge on any atom is 0.240 e. The predicted octanol–water partition coefficient (Wildman–Crippen LogP) is 2.42. The first-order valence-corrected chi connectivity index (χ1v) is 8.43. The number of sulfonamides is 1. The molecule has 0 aliphatic carbocycles. The Morgan fingerprint density at radius 2 is 2.00 bits per heavy atom. The molecule has 0 fully saturated rings. The van der Waals surface area contributed by atoms with Crippen molar-refractivity contribution in [2.24, 2.45) is 17.1 Å². The van der Waals surface area contributed by atoms with Crippen molar-refractivity contribution in [3.05, 3.63) is 29.6 Å². The normalized spacial score (nSPS) is 14.0. The standard InChI is InChI=1S/C14H21FN2O2S2/c1-9(14(2,3)4)8-17-21(18,19)10-5-6-12(15)11(7-10)13(16)20/h5-7,9,17H,8H2,1-4H3,(H2,16,20). The molecule has 0 spiro atoms. The van der Waals surface area contributed by atoms with Crippen LogP contribution in [-0.2, 0) is 10.0 Å². The Balaban J connectivity index is 2.99. The van der Waals surface area contributed by atoms with Crippen molar-refractivity contribution in [2.75, 3.05) is 6.54 Å². The van der Waals surface area contributed by atoms with Crippen LogP contribution in [0.4, 0.5) is 4.39 Å². The van der Waals surface area contributed by atoms with Crippen molar-refractivity contribution in [2.45, 2.75) is 32.6 Å². The van der Waals surface area contributed by atoms with E-state index in [-0.39, 0.29) is 26.8 Å². The van der Waals surface area contributed by atoms with Gasteiger partial charge in [-0.15, -0.1) is 0 Å². The van der Waals surface area contributed by atoms with Gasteiger partial charge < -0.3 is 5.73 Å². The molecular formula is C14H21FN2O2S2. The largest absolute Gasteiger partial charge is 0.389 e. The summed E-state index contributed by atoms with van der Waals surface area (Å²) in [7, 11) is -3.72. The topological polar surface area (TPSA) is 72.2 Å². The summed E-state index contributed by atoms with van der Waals surface area (Å²) in [6, 6.07) is 3.40. The van der Waals surface area contributed by atoms with Crippen molar-refractivity contribution in [1.82, 2.24) is 4.72 Å². The number of benzene rings is 1. The molecule has 0 aliphatic rings. The number of hydrogen-bond donors (Lipinski definition) is 2. The van der Waals surface area contributed by atoms with Crippen molar-refractivity contribution in [3.63, 3.8) is 0 Å². The van der Waals surface area contributed by atoms with Crippen LogP contribution in [0, 0.1) is 17.2 Å². The average Bonchev–Trinajstić information content (AvgIpc) is 2.34. The van der Waals surface area contributed by atoms with E-state index in [2.05, 4.69) is 4.72 Å². The highest BCUT2D eigenvalue weighted by molar-refractivity contribution is 7.89. The van der Waals surface area contributed by atoms with E-state index < -0.39 is 15.8 Å². The van der Waals surface area contributed by atoms with Gasteiger partial charge in [0.05, 0.1) is 4.90 Å². The van der Waals surface area contributed by atoms with Gasteiger partial charge in [0.15, 0.2) is 0 Å². The third kappa shape index (κ3) is 4.72. The fraction of sp³-hybridized carbons (Fsp3) is 0.500. The van der Waals surface area contributed by atoms with E-state index in [0.717, 1.165) is 12.1 Å². The summed E-state index contributed by atoms with van der Waals surface area (Å²) in [4.78, 5) is -0.222. The van der Waals surface area contributed by atoms with Gasteiger partial charge in [0.2, 0.25) is 10.0 Å². The molecule has 1 unspecified atom stereocenters. The summed E-state index contributed by atoms with van der Waals surface area (Å²) in [5.74, 6) is -0.493. The van der Waals surface area contributed by atoms with Gasteiger partial charge in [-0.3, -0.25) is 0 Å². The zero-order chi connectivity index (χ0) is 16.4. The highest BCUT2D eigenvalue weighted by atomic mass is 32.2. The maximum atomic E-state index is 13.5. The van der Waals surface area contributed by atoms with Crippen LogP contribution in [-0.4, -0.2) is 20.0 Å². The molecule has 0 amide bonds. The minimum atomic E-state index is -3.72. The van der Waals surface area contributed by atoms with Crippen molar-refractivity contribution in [3.8, 4) is 0 Å². The van der Waals surface area contributed by atoms with Crippen molar-refractivity contribution in [1.29, 1.82) is 0 Å². The Morgan fingerprint density at radius 1 is 1.43 bits per heavy atom. The summed E-state index contributed by atoms with van der Waals surface area (Å²) in [6.07, 6.45) is 0. The van der Waals surface area contributed by atoms with Crippen LogP contribution in [0.3, 0.4) is 0 Å². The van der Waals surface area contributed by atoms with E-state index >= 15 is 0 Å². The molecule has 21 heavy (non-hydrogen) atoms. The highest BCUT2D eigenvalue weighted by Crippen LogP contribution is 2.25. The van der Waals surface area contributed by atoms with E-state index in [9.17, 15) is 12.8 Å². The van der Waals surface area contributed by atoms with Crippen LogP contribution in [0.25, 0.3) is 0 Å². The number of nitrogens with one attached hydrogen (secondary N) is 1. The quantitative estimate of drug-likeness (QED) is 0.812. The van der Waals surface area contributed by atoms with Crippen LogP contribution in [0.2, 0.25) is 0 Å². The highest BCUT2D eigenvalue weighted by Gasteiger charge is 2.23. The Kier molecular flexibility index (Phi) is 5.46. The fourth-order valence-corrected chi connectivity index (χ4v) is 2.80. The van der Waals surface area contributed by atoms with Crippen molar-refractivity contribution < 1.29 is 12.8 Å². The Labute approximate surface area is 131 Å². The average molecular weight is 332 g/mol. The summed E-state index contributed by atoms with van der Waals surface area (Å²) >= 11 is 4.71. The first kappa shape index (κ1) is 18.0. The number of rotatable bonds is 5. The van der Waals surface area contributed by atoms with Gasteiger partial charge in [0, 0.05) is 12.1 Å². The van der Waals surface area contributed by atoms with Crippen LogP contribution < -0.4 is 10.5 Å². The second-order valence-electron chi connectivity index (χ2n) is 6.12. The third-order valence-electron chi connectivity index (χ3n) is 3.57. The SMILES string of the molecule is CC(CNS(=O)(=O)c1ccc(F)c(C(N)=S)c1)C(C)(C)C. The molecule has 1 aromatic carbocycles. The molecule has 0 saturated carbocycles. The molecule has 0 heterocycles. The van der Waals surface area contributed by atoms with Gasteiger partial charge >= 0.3 is 0 Å². The number of nitrogens with two attached hydrogens (primary N) is 1. The Bertz CT molecular complexity index is 637. The molecule has 0 bridgehead atoms. The zero-order valence-corrected chi connectivity index (χ0v) is 14.2. The Hall–Kier alpha value is -1.05. The summed E-state index contributed by atoms with van der Waals surface area (Å²) in [6.45, 7) is 8.37. The summed E-state index contributed by atoms with van der Waals surface area (Å²) in [5, 5.41) is 0. The minimum Gasteiger partial charge on any atom is -0.389 e.